The molecule has 0 saturated heterocycles. The van der Waals surface area contributed by atoms with Crippen molar-refractivity contribution in [1.29, 1.82) is 0 Å². The molecule has 0 aromatic heterocycles. The fourth-order valence-electron chi connectivity index (χ4n) is 11.4. The largest absolute Gasteiger partial charge is 0.393 e. The van der Waals surface area contributed by atoms with Gasteiger partial charge in [-0.05, 0) is 127 Å². The van der Waals surface area contributed by atoms with Crippen LogP contribution in [-0.2, 0) is 0 Å². The molecule has 0 bridgehead atoms. The molecule has 30 heavy (non-hydrogen) atoms. The molecule has 1 nitrogen and oxygen atoms in total. The first-order chi connectivity index (χ1) is 14.0. The Morgan fingerprint density at radius 3 is 2.17 bits per heavy atom. The van der Waals surface area contributed by atoms with Crippen molar-refractivity contribution in [2.45, 2.75) is 119 Å². The normalized spacial score (nSPS) is 60.5. The van der Waals surface area contributed by atoms with E-state index in [4.69, 9.17) is 0 Å². The van der Waals surface area contributed by atoms with Crippen molar-refractivity contribution in [3.8, 4) is 0 Å². The predicted octanol–water partition coefficient (Wildman–Crippen LogP) is 7.71. The van der Waals surface area contributed by atoms with E-state index in [1.165, 1.54) is 57.8 Å². The third-order valence-electron chi connectivity index (χ3n) is 13.3. The van der Waals surface area contributed by atoms with Crippen molar-refractivity contribution >= 4 is 0 Å². The van der Waals surface area contributed by atoms with Gasteiger partial charge >= 0.3 is 0 Å². The maximum atomic E-state index is 10.6. The third-order valence-corrected chi connectivity index (χ3v) is 13.3. The molecule has 0 aromatic carbocycles. The van der Waals surface area contributed by atoms with Crippen molar-refractivity contribution in [3.05, 3.63) is 0 Å². The molecule has 0 aromatic rings. The Labute approximate surface area is 187 Å². The van der Waals surface area contributed by atoms with E-state index in [1.54, 1.807) is 0 Å². The second kappa shape index (κ2) is 6.74. The van der Waals surface area contributed by atoms with Crippen LogP contribution in [0.4, 0.5) is 0 Å². The fourth-order valence-corrected chi connectivity index (χ4v) is 11.4. The molecule has 0 radical (unpaired) electrons. The molecule has 5 rings (SSSR count). The van der Waals surface area contributed by atoms with E-state index in [2.05, 4.69) is 48.5 Å². The van der Waals surface area contributed by atoms with Crippen LogP contribution in [0, 0.1) is 63.1 Å². The van der Waals surface area contributed by atoms with Crippen molar-refractivity contribution in [1.82, 2.24) is 0 Å². The lowest BCUT2D eigenvalue weighted by Gasteiger charge is -2.72. The summed E-state index contributed by atoms with van der Waals surface area (Å²) in [6, 6.07) is 0. The Morgan fingerprint density at radius 2 is 1.47 bits per heavy atom. The molecule has 0 aliphatic heterocycles. The standard InChI is InChI=1S/C29H50O/c1-18(2)20-10-13-26(4)16-17-28(6)22(25(20)26)8-9-24-27(5)14-12-23(30)19(3)21(27)11-15-29(24,28)7/h18-25,30H,8-17H2,1-7H3/t19-,20-,21-,22+,23+,24+,25+,26+,27-,28+,29+/m0/s1. The first-order valence-electron chi connectivity index (χ1n) is 13.7. The molecule has 0 spiro atoms. The Hall–Kier alpha value is -0.0400. The van der Waals surface area contributed by atoms with Gasteiger partial charge in [0.25, 0.3) is 0 Å². The topological polar surface area (TPSA) is 20.2 Å². The van der Waals surface area contributed by atoms with Gasteiger partial charge in [0.1, 0.15) is 0 Å². The van der Waals surface area contributed by atoms with E-state index < -0.39 is 0 Å². The molecule has 5 aliphatic carbocycles. The third kappa shape index (κ3) is 2.57. The number of fused-ring (bicyclic) bond motifs is 7. The number of hydrogen-bond donors (Lipinski definition) is 1. The zero-order chi connectivity index (χ0) is 21.7. The predicted molar refractivity (Wildman–Crippen MR) is 126 cm³/mol. The van der Waals surface area contributed by atoms with Crippen LogP contribution in [0.5, 0.6) is 0 Å². The Kier molecular flexibility index (Phi) is 4.89. The molecule has 0 heterocycles. The molecule has 172 valence electrons. The van der Waals surface area contributed by atoms with Crippen LogP contribution in [0.15, 0.2) is 0 Å². The van der Waals surface area contributed by atoms with Crippen LogP contribution in [0.25, 0.3) is 0 Å². The second-order valence-corrected chi connectivity index (χ2v) is 14.3. The molecule has 0 amide bonds. The molecule has 11 atom stereocenters. The van der Waals surface area contributed by atoms with Crippen LogP contribution >= 0.6 is 0 Å². The molecule has 1 N–H and O–H groups in total. The van der Waals surface area contributed by atoms with Gasteiger partial charge in [-0.2, -0.15) is 0 Å². The highest BCUT2D eigenvalue weighted by Gasteiger charge is 2.69. The summed E-state index contributed by atoms with van der Waals surface area (Å²) in [6.07, 6.45) is 13.9. The average molecular weight is 415 g/mol. The van der Waals surface area contributed by atoms with Crippen molar-refractivity contribution in [2.24, 2.45) is 63.1 Å². The van der Waals surface area contributed by atoms with Crippen molar-refractivity contribution in [2.75, 3.05) is 0 Å². The Morgan fingerprint density at radius 1 is 0.733 bits per heavy atom. The lowest BCUT2D eigenvalue weighted by molar-refractivity contribution is -0.235. The van der Waals surface area contributed by atoms with Crippen LogP contribution < -0.4 is 0 Å². The zero-order valence-corrected chi connectivity index (χ0v) is 21.1. The summed E-state index contributed by atoms with van der Waals surface area (Å²) >= 11 is 0. The van der Waals surface area contributed by atoms with Gasteiger partial charge in [0.15, 0.2) is 0 Å². The first-order valence-corrected chi connectivity index (χ1v) is 13.7. The fraction of sp³-hybridized carbons (Fsp3) is 1.00. The summed E-state index contributed by atoms with van der Waals surface area (Å²) in [4.78, 5) is 0. The maximum absolute atomic E-state index is 10.6. The molecule has 5 aliphatic rings. The first kappa shape index (κ1) is 21.8. The quantitative estimate of drug-likeness (QED) is 0.465. The zero-order valence-electron chi connectivity index (χ0n) is 21.1. The molecule has 1 heteroatoms. The minimum Gasteiger partial charge on any atom is -0.393 e. The van der Waals surface area contributed by atoms with Gasteiger partial charge in [-0.15, -0.1) is 0 Å². The Balaban J connectivity index is 1.53. The summed E-state index contributed by atoms with van der Waals surface area (Å²) in [5, 5.41) is 10.6. The highest BCUT2D eigenvalue weighted by molar-refractivity contribution is 5.18. The van der Waals surface area contributed by atoms with Crippen LogP contribution in [0.1, 0.15) is 113 Å². The summed E-state index contributed by atoms with van der Waals surface area (Å²) in [6.45, 7) is 18.2. The summed E-state index contributed by atoms with van der Waals surface area (Å²) in [5.41, 5.74) is 2.08. The number of aliphatic hydroxyl groups excluding tert-OH is 1. The highest BCUT2D eigenvalue weighted by Crippen LogP contribution is 2.76. The molecule has 0 unspecified atom stereocenters. The molecular weight excluding hydrogens is 364 g/mol. The van der Waals surface area contributed by atoms with E-state index in [0.29, 0.717) is 27.6 Å². The Bertz CT molecular complexity index is 684. The highest BCUT2D eigenvalue weighted by atomic mass is 16.3. The van der Waals surface area contributed by atoms with Gasteiger partial charge in [-0.3, -0.25) is 0 Å². The number of hydrogen-bond acceptors (Lipinski definition) is 1. The van der Waals surface area contributed by atoms with Crippen molar-refractivity contribution < 1.29 is 5.11 Å². The SMILES string of the molecule is CC(C)[C@@H]1CC[C@]2(C)CC[C@]3(C)[C@H](CC[C@@H]4[C@@]5(C)CC[C@@H](O)[C@@H](C)[C@@H]5CC[C@]43C)[C@@H]12. The van der Waals surface area contributed by atoms with E-state index in [9.17, 15) is 5.11 Å². The van der Waals surface area contributed by atoms with Gasteiger partial charge in [0.05, 0.1) is 6.10 Å². The molecular formula is C29H50O. The van der Waals surface area contributed by atoms with Gasteiger partial charge < -0.3 is 5.11 Å². The maximum Gasteiger partial charge on any atom is 0.0568 e. The number of aliphatic hydroxyl groups is 1. The average Bonchev–Trinajstić information content (AvgIpc) is 3.04. The minimum atomic E-state index is -0.0555. The van der Waals surface area contributed by atoms with Gasteiger partial charge in [0, 0.05) is 0 Å². The lowest BCUT2D eigenvalue weighted by Crippen LogP contribution is -2.65. The summed E-state index contributed by atoms with van der Waals surface area (Å²) < 4.78 is 0. The van der Waals surface area contributed by atoms with Gasteiger partial charge in [-0.1, -0.05) is 48.5 Å². The second-order valence-electron chi connectivity index (χ2n) is 14.3. The van der Waals surface area contributed by atoms with E-state index in [-0.39, 0.29) is 6.10 Å². The van der Waals surface area contributed by atoms with Gasteiger partial charge in [0.2, 0.25) is 0 Å². The number of rotatable bonds is 1. The van der Waals surface area contributed by atoms with E-state index >= 15 is 0 Å². The summed E-state index contributed by atoms with van der Waals surface area (Å²) in [5.74, 6) is 5.81. The lowest BCUT2D eigenvalue weighted by atomic mass is 9.33. The van der Waals surface area contributed by atoms with Crippen LogP contribution in [0.2, 0.25) is 0 Å². The minimum absolute atomic E-state index is 0.0555. The van der Waals surface area contributed by atoms with E-state index in [0.717, 1.165) is 41.9 Å². The van der Waals surface area contributed by atoms with Gasteiger partial charge in [-0.25, -0.2) is 0 Å². The van der Waals surface area contributed by atoms with Crippen LogP contribution in [-0.4, -0.2) is 11.2 Å². The molecule has 5 fully saturated rings. The monoisotopic (exact) mass is 414 g/mol. The van der Waals surface area contributed by atoms with Crippen molar-refractivity contribution in [3.63, 3.8) is 0 Å². The molecule has 5 saturated carbocycles. The van der Waals surface area contributed by atoms with Crippen LogP contribution in [0.3, 0.4) is 0 Å². The summed E-state index contributed by atoms with van der Waals surface area (Å²) in [7, 11) is 0. The van der Waals surface area contributed by atoms with E-state index in [1.807, 2.05) is 0 Å². The smallest absolute Gasteiger partial charge is 0.0568 e.